The second kappa shape index (κ2) is 8.01. The lowest BCUT2D eigenvalue weighted by atomic mass is 9.70. The fourth-order valence-electron chi connectivity index (χ4n) is 4.28. The standard InChI is InChI=1S/C22H27FN6O/c1-4-22(2)11-5-6-18(21(22)23)28(3)20-10-9-17(25-26-20)16-8-7-15(14-19(16)30)29-13-12-24-27-29/h7-10,12-14,18,21,30H,4-6,11H2,1-3H3/t18-,21+,22+/m0/s1. The minimum atomic E-state index is -0.906. The van der Waals surface area contributed by atoms with E-state index in [0.29, 0.717) is 22.8 Å². The summed E-state index contributed by atoms with van der Waals surface area (Å²) in [5.41, 5.74) is 1.53. The quantitative estimate of drug-likeness (QED) is 0.680. The first-order valence-corrected chi connectivity index (χ1v) is 10.3. The zero-order valence-corrected chi connectivity index (χ0v) is 17.5. The van der Waals surface area contributed by atoms with Gasteiger partial charge in [0.15, 0.2) is 5.82 Å². The van der Waals surface area contributed by atoms with Crippen molar-refractivity contribution in [2.45, 2.75) is 51.7 Å². The highest BCUT2D eigenvalue weighted by Gasteiger charge is 2.43. The van der Waals surface area contributed by atoms with Crippen LogP contribution in [0.4, 0.5) is 10.2 Å². The van der Waals surface area contributed by atoms with Crippen molar-refractivity contribution in [1.29, 1.82) is 0 Å². The summed E-state index contributed by atoms with van der Waals surface area (Å²) >= 11 is 0. The van der Waals surface area contributed by atoms with Gasteiger partial charge in [-0.05, 0) is 43.5 Å². The lowest BCUT2D eigenvalue weighted by Crippen LogP contribution is -2.50. The van der Waals surface area contributed by atoms with Crippen molar-refractivity contribution in [3.8, 4) is 22.7 Å². The molecule has 0 amide bonds. The van der Waals surface area contributed by atoms with Crippen molar-refractivity contribution in [3.63, 3.8) is 0 Å². The number of nitrogens with zero attached hydrogens (tertiary/aromatic N) is 6. The Morgan fingerprint density at radius 3 is 2.73 bits per heavy atom. The molecule has 2 heterocycles. The molecule has 158 valence electrons. The number of alkyl halides is 1. The molecule has 0 radical (unpaired) electrons. The molecule has 3 atom stereocenters. The predicted molar refractivity (Wildman–Crippen MR) is 113 cm³/mol. The maximum atomic E-state index is 15.3. The van der Waals surface area contributed by atoms with Crippen LogP contribution in [-0.2, 0) is 0 Å². The van der Waals surface area contributed by atoms with Gasteiger partial charge in [-0.2, -0.15) is 0 Å². The number of aromatic hydroxyl groups is 1. The number of hydrogen-bond donors (Lipinski definition) is 1. The molecule has 30 heavy (non-hydrogen) atoms. The van der Waals surface area contributed by atoms with E-state index in [1.807, 2.05) is 31.0 Å². The van der Waals surface area contributed by atoms with Gasteiger partial charge in [-0.3, -0.25) is 0 Å². The molecule has 1 aliphatic carbocycles. The molecule has 1 N–H and O–H groups in total. The zero-order chi connectivity index (χ0) is 21.3. The van der Waals surface area contributed by atoms with Gasteiger partial charge >= 0.3 is 0 Å². The van der Waals surface area contributed by atoms with Crippen LogP contribution in [0.3, 0.4) is 0 Å². The first-order chi connectivity index (χ1) is 14.4. The Bertz CT molecular complexity index is 993. The number of rotatable bonds is 5. The molecule has 0 bridgehead atoms. The average molecular weight is 410 g/mol. The van der Waals surface area contributed by atoms with Crippen molar-refractivity contribution in [2.24, 2.45) is 5.41 Å². The largest absolute Gasteiger partial charge is 0.507 e. The minimum absolute atomic E-state index is 0.0771. The Kier molecular flexibility index (Phi) is 5.40. The molecule has 1 saturated carbocycles. The Balaban J connectivity index is 1.54. The van der Waals surface area contributed by atoms with Gasteiger partial charge in [-0.1, -0.05) is 25.5 Å². The predicted octanol–water partition coefficient (Wildman–Crippen LogP) is 4.17. The molecule has 3 aromatic rings. The van der Waals surface area contributed by atoms with E-state index in [-0.39, 0.29) is 17.2 Å². The molecule has 4 rings (SSSR count). The van der Waals surface area contributed by atoms with Gasteiger partial charge in [0.1, 0.15) is 11.9 Å². The van der Waals surface area contributed by atoms with Gasteiger partial charge in [0, 0.05) is 24.1 Å². The first kappa shape index (κ1) is 20.3. The second-order valence-corrected chi connectivity index (χ2v) is 8.31. The number of halogens is 1. The van der Waals surface area contributed by atoms with Crippen LogP contribution in [0.1, 0.15) is 39.5 Å². The number of aromatic nitrogens is 5. The third-order valence-electron chi connectivity index (χ3n) is 6.51. The molecule has 0 spiro atoms. The summed E-state index contributed by atoms with van der Waals surface area (Å²) in [7, 11) is 1.88. The third kappa shape index (κ3) is 3.62. The van der Waals surface area contributed by atoms with E-state index in [9.17, 15) is 5.11 Å². The van der Waals surface area contributed by atoms with Gasteiger partial charge in [0.25, 0.3) is 0 Å². The smallest absolute Gasteiger partial charge is 0.151 e. The highest BCUT2D eigenvalue weighted by atomic mass is 19.1. The van der Waals surface area contributed by atoms with Crippen molar-refractivity contribution in [2.75, 3.05) is 11.9 Å². The van der Waals surface area contributed by atoms with E-state index in [4.69, 9.17) is 0 Å². The fraction of sp³-hybridized carbons (Fsp3) is 0.455. The molecule has 1 aliphatic rings. The summed E-state index contributed by atoms with van der Waals surface area (Å²) in [5, 5.41) is 26.8. The Morgan fingerprint density at radius 1 is 1.27 bits per heavy atom. The molecule has 0 unspecified atom stereocenters. The summed E-state index contributed by atoms with van der Waals surface area (Å²) in [6, 6.07) is 8.63. The third-order valence-corrected chi connectivity index (χ3v) is 6.51. The number of phenolic OH excluding ortho intramolecular Hbond substituents is 1. The summed E-state index contributed by atoms with van der Waals surface area (Å²) in [6.45, 7) is 4.10. The van der Waals surface area contributed by atoms with Crippen LogP contribution in [0, 0.1) is 5.41 Å². The Hall–Kier alpha value is -3.03. The van der Waals surface area contributed by atoms with Gasteiger partial charge in [0.2, 0.25) is 0 Å². The monoisotopic (exact) mass is 410 g/mol. The van der Waals surface area contributed by atoms with Crippen LogP contribution in [0.5, 0.6) is 5.75 Å². The van der Waals surface area contributed by atoms with Crippen molar-refractivity contribution in [1.82, 2.24) is 25.2 Å². The molecular weight excluding hydrogens is 383 g/mol. The van der Waals surface area contributed by atoms with Crippen LogP contribution in [-0.4, -0.2) is 49.6 Å². The van der Waals surface area contributed by atoms with Crippen LogP contribution >= 0.6 is 0 Å². The molecule has 2 aromatic heterocycles. The summed E-state index contributed by atoms with van der Waals surface area (Å²) in [6.07, 6.45) is 5.93. The van der Waals surface area contributed by atoms with E-state index in [2.05, 4.69) is 27.4 Å². The van der Waals surface area contributed by atoms with Gasteiger partial charge < -0.3 is 10.0 Å². The van der Waals surface area contributed by atoms with E-state index in [0.717, 1.165) is 25.7 Å². The van der Waals surface area contributed by atoms with Gasteiger partial charge in [-0.25, -0.2) is 9.07 Å². The lowest BCUT2D eigenvalue weighted by Gasteiger charge is -2.44. The molecule has 7 nitrogen and oxygen atoms in total. The highest BCUT2D eigenvalue weighted by molar-refractivity contribution is 5.69. The SMILES string of the molecule is CC[C@]1(C)CCC[C@H](N(C)c2ccc(-c3ccc(-n4ccnn4)cc3O)nn2)[C@H]1F. The summed E-state index contributed by atoms with van der Waals surface area (Å²) in [4.78, 5) is 1.90. The number of phenols is 1. The van der Waals surface area contributed by atoms with Crippen LogP contribution in [0.25, 0.3) is 16.9 Å². The second-order valence-electron chi connectivity index (χ2n) is 8.31. The molecule has 0 aliphatic heterocycles. The molecule has 1 aromatic carbocycles. The van der Waals surface area contributed by atoms with Gasteiger partial charge in [0.05, 0.1) is 29.8 Å². The van der Waals surface area contributed by atoms with Gasteiger partial charge in [-0.15, -0.1) is 15.3 Å². The highest BCUT2D eigenvalue weighted by Crippen LogP contribution is 2.43. The number of anilines is 1. The normalized spacial score (nSPS) is 24.0. The molecular formula is C22H27FN6O. The topological polar surface area (TPSA) is 80.0 Å². The van der Waals surface area contributed by atoms with E-state index < -0.39 is 6.17 Å². The Morgan fingerprint density at radius 2 is 2.10 bits per heavy atom. The van der Waals surface area contributed by atoms with Crippen molar-refractivity contribution < 1.29 is 9.50 Å². The summed E-state index contributed by atoms with van der Waals surface area (Å²) in [5.74, 6) is 0.707. The lowest BCUT2D eigenvalue weighted by molar-refractivity contribution is 0.0493. The Labute approximate surface area is 175 Å². The molecule has 1 fully saturated rings. The van der Waals surface area contributed by atoms with E-state index in [1.54, 1.807) is 35.3 Å². The maximum absolute atomic E-state index is 15.3. The first-order valence-electron chi connectivity index (χ1n) is 10.3. The van der Waals surface area contributed by atoms with E-state index >= 15 is 4.39 Å². The maximum Gasteiger partial charge on any atom is 0.151 e. The van der Waals surface area contributed by atoms with Crippen LogP contribution in [0.15, 0.2) is 42.7 Å². The fourth-order valence-corrected chi connectivity index (χ4v) is 4.28. The molecule has 0 saturated heterocycles. The summed E-state index contributed by atoms with van der Waals surface area (Å²) < 4.78 is 16.8. The number of benzene rings is 1. The average Bonchev–Trinajstić information content (AvgIpc) is 3.30. The number of hydrogen-bond acceptors (Lipinski definition) is 6. The van der Waals surface area contributed by atoms with Crippen molar-refractivity contribution in [3.05, 3.63) is 42.7 Å². The van der Waals surface area contributed by atoms with Crippen molar-refractivity contribution >= 4 is 5.82 Å². The van der Waals surface area contributed by atoms with Crippen LogP contribution in [0.2, 0.25) is 0 Å². The minimum Gasteiger partial charge on any atom is -0.507 e. The van der Waals surface area contributed by atoms with E-state index in [1.165, 1.54) is 0 Å². The van der Waals surface area contributed by atoms with Crippen LogP contribution < -0.4 is 4.90 Å². The molecule has 8 heteroatoms. The zero-order valence-electron chi connectivity index (χ0n) is 17.5.